The number of nitrogens with one attached hydrogen (secondary N) is 2. The molecule has 0 spiro atoms. The van der Waals surface area contributed by atoms with E-state index in [0.717, 1.165) is 11.0 Å². The van der Waals surface area contributed by atoms with Gasteiger partial charge in [0, 0.05) is 13.1 Å². The number of fused-ring (bicyclic) bond motifs is 2. The van der Waals surface area contributed by atoms with Crippen LogP contribution in [0.5, 0.6) is 5.75 Å². The molecule has 1 atom stereocenters. The van der Waals surface area contributed by atoms with Crippen molar-refractivity contribution in [3.8, 4) is 5.75 Å². The van der Waals surface area contributed by atoms with Crippen molar-refractivity contribution in [2.24, 2.45) is 0 Å². The molecule has 2 heterocycles. The molecule has 26 heavy (non-hydrogen) atoms. The Kier molecular flexibility index (Phi) is 4.27. The van der Waals surface area contributed by atoms with Gasteiger partial charge in [0.05, 0.1) is 29.5 Å². The summed E-state index contributed by atoms with van der Waals surface area (Å²) in [7, 11) is 0. The second-order valence-corrected chi connectivity index (χ2v) is 6.07. The van der Waals surface area contributed by atoms with Gasteiger partial charge in [0.2, 0.25) is 5.91 Å². The van der Waals surface area contributed by atoms with Crippen LogP contribution in [0, 0.1) is 0 Å². The lowest BCUT2D eigenvalue weighted by atomic mass is 10.1. The number of anilines is 1. The molecule has 0 unspecified atom stereocenters. The van der Waals surface area contributed by atoms with Crippen LogP contribution in [0.2, 0.25) is 0 Å². The lowest BCUT2D eigenvalue weighted by Crippen LogP contribution is -2.41. The zero-order valence-corrected chi connectivity index (χ0v) is 14.0. The van der Waals surface area contributed by atoms with Gasteiger partial charge in [-0.2, -0.15) is 0 Å². The van der Waals surface area contributed by atoms with Crippen LogP contribution in [-0.4, -0.2) is 34.0 Å². The van der Waals surface area contributed by atoms with E-state index in [-0.39, 0.29) is 18.2 Å². The van der Waals surface area contributed by atoms with Crippen molar-refractivity contribution >= 4 is 28.5 Å². The van der Waals surface area contributed by atoms with Crippen molar-refractivity contribution < 1.29 is 14.3 Å². The summed E-state index contributed by atoms with van der Waals surface area (Å²) in [6.45, 7) is 1.05. The normalized spacial score (nSPS) is 15.8. The van der Waals surface area contributed by atoms with Crippen LogP contribution >= 0.6 is 0 Å². The molecule has 1 aliphatic rings. The number of rotatable bonds is 5. The van der Waals surface area contributed by atoms with Crippen LogP contribution in [-0.2, 0) is 16.1 Å². The van der Waals surface area contributed by atoms with E-state index >= 15 is 0 Å². The quantitative estimate of drug-likeness (QED) is 0.736. The van der Waals surface area contributed by atoms with Crippen LogP contribution in [0.15, 0.2) is 54.9 Å². The second-order valence-electron chi connectivity index (χ2n) is 6.07. The van der Waals surface area contributed by atoms with E-state index in [9.17, 15) is 9.59 Å². The van der Waals surface area contributed by atoms with Crippen LogP contribution in [0.25, 0.3) is 11.0 Å². The van der Waals surface area contributed by atoms with Crippen molar-refractivity contribution in [2.75, 3.05) is 11.9 Å². The number of carbonyl (C=O) groups excluding carboxylic acids is 2. The molecular formula is C19H18N4O3. The molecule has 0 fully saturated rings. The maximum absolute atomic E-state index is 12.2. The zero-order valence-electron chi connectivity index (χ0n) is 14.0. The van der Waals surface area contributed by atoms with Gasteiger partial charge in [-0.05, 0) is 24.3 Å². The minimum Gasteiger partial charge on any atom is -0.478 e. The number of nitrogens with zero attached hydrogens (tertiary/aromatic N) is 2. The Labute approximate surface area is 150 Å². The van der Waals surface area contributed by atoms with Crippen molar-refractivity contribution in [1.29, 1.82) is 0 Å². The third kappa shape index (κ3) is 3.23. The highest BCUT2D eigenvalue weighted by atomic mass is 16.5. The summed E-state index contributed by atoms with van der Waals surface area (Å²) >= 11 is 0. The van der Waals surface area contributed by atoms with Gasteiger partial charge in [-0.3, -0.25) is 9.59 Å². The van der Waals surface area contributed by atoms with E-state index in [0.29, 0.717) is 24.5 Å². The molecule has 7 nitrogen and oxygen atoms in total. The number of carbonyl (C=O) groups is 2. The van der Waals surface area contributed by atoms with Gasteiger partial charge in [0.15, 0.2) is 6.10 Å². The fourth-order valence-corrected chi connectivity index (χ4v) is 2.97. The van der Waals surface area contributed by atoms with E-state index in [1.807, 2.05) is 41.0 Å². The maximum Gasteiger partial charge on any atom is 0.266 e. The van der Waals surface area contributed by atoms with Crippen LogP contribution in [0.3, 0.4) is 0 Å². The van der Waals surface area contributed by atoms with Crippen molar-refractivity contribution in [1.82, 2.24) is 14.9 Å². The van der Waals surface area contributed by atoms with Crippen LogP contribution in [0.4, 0.5) is 5.69 Å². The molecule has 3 aromatic rings. The Hall–Kier alpha value is -3.35. The molecule has 4 rings (SSSR count). The lowest BCUT2D eigenvalue weighted by molar-refractivity contribution is -0.130. The van der Waals surface area contributed by atoms with E-state index in [2.05, 4.69) is 15.6 Å². The van der Waals surface area contributed by atoms with E-state index < -0.39 is 6.10 Å². The third-order valence-corrected chi connectivity index (χ3v) is 4.28. The summed E-state index contributed by atoms with van der Waals surface area (Å²) in [5.74, 6) is 0.0446. The van der Waals surface area contributed by atoms with Gasteiger partial charge in [0.25, 0.3) is 5.91 Å². The van der Waals surface area contributed by atoms with E-state index in [1.54, 1.807) is 18.5 Å². The molecule has 2 aromatic carbocycles. The summed E-state index contributed by atoms with van der Waals surface area (Å²) < 4.78 is 7.62. The minimum absolute atomic E-state index is 0.0230. The van der Waals surface area contributed by atoms with E-state index in [4.69, 9.17) is 4.74 Å². The summed E-state index contributed by atoms with van der Waals surface area (Å²) in [6.07, 6.45) is 0.912. The number of hydrogen-bond acceptors (Lipinski definition) is 4. The Balaban J connectivity index is 1.31. The highest BCUT2D eigenvalue weighted by molar-refractivity contribution is 5.99. The van der Waals surface area contributed by atoms with Gasteiger partial charge >= 0.3 is 0 Å². The highest BCUT2D eigenvalue weighted by Gasteiger charge is 2.29. The zero-order chi connectivity index (χ0) is 17.9. The average molecular weight is 350 g/mol. The Morgan fingerprint density at radius 1 is 1.19 bits per heavy atom. The van der Waals surface area contributed by atoms with Crippen molar-refractivity contribution in [3.63, 3.8) is 0 Å². The van der Waals surface area contributed by atoms with Crippen molar-refractivity contribution in [2.45, 2.75) is 19.1 Å². The lowest BCUT2D eigenvalue weighted by Gasteiger charge is -2.25. The summed E-state index contributed by atoms with van der Waals surface area (Å²) in [5, 5.41) is 5.59. The average Bonchev–Trinajstić information content (AvgIpc) is 3.06. The fourth-order valence-electron chi connectivity index (χ4n) is 2.97. The molecule has 0 aliphatic carbocycles. The van der Waals surface area contributed by atoms with Crippen LogP contribution < -0.4 is 15.4 Å². The Morgan fingerprint density at radius 3 is 2.92 bits per heavy atom. The maximum atomic E-state index is 12.2. The highest BCUT2D eigenvalue weighted by Crippen LogP contribution is 2.29. The number of benzene rings is 2. The topological polar surface area (TPSA) is 85.2 Å². The molecule has 0 saturated carbocycles. The van der Waals surface area contributed by atoms with Gasteiger partial charge in [-0.1, -0.05) is 24.3 Å². The van der Waals surface area contributed by atoms with Gasteiger partial charge in [-0.15, -0.1) is 0 Å². The first kappa shape index (κ1) is 16.1. The molecule has 7 heteroatoms. The summed E-state index contributed by atoms with van der Waals surface area (Å²) in [5.41, 5.74) is 2.57. The molecular weight excluding hydrogens is 332 g/mol. The smallest absolute Gasteiger partial charge is 0.266 e. The summed E-state index contributed by atoms with van der Waals surface area (Å²) in [4.78, 5) is 28.6. The molecule has 1 aliphatic heterocycles. The molecule has 2 N–H and O–H groups in total. The molecule has 1 aromatic heterocycles. The summed E-state index contributed by atoms with van der Waals surface area (Å²) in [6, 6.07) is 15.0. The predicted molar refractivity (Wildman–Crippen MR) is 96.8 cm³/mol. The van der Waals surface area contributed by atoms with Crippen molar-refractivity contribution in [3.05, 3.63) is 54.9 Å². The van der Waals surface area contributed by atoms with Gasteiger partial charge < -0.3 is 19.9 Å². The predicted octanol–water partition coefficient (Wildman–Crippen LogP) is 1.94. The molecule has 0 saturated heterocycles. The van der Waals surface area contributed by atoms with Gasteiger partial charge in [-0.25, -0.2) is 4.98 Å². The number of hydrogen-bond donors (Lipinski definition) is 2. The van der Waals surface area contributed by atoms with E-state index in [1.165, 1.54) is 0 Å². The third-order valence-electron chi connectivity index (χ3n) is 4.28. The number of ether oxygens (including phenoxy) is 1. The number of imidazole rings is 1. The second kappa shape index (κ2) is 6.87. The monoisotopic (exact) mass is 350 g/mol. The first-order valence-corrected chi connectivity index (χ1v) is 8.44. The number of aromatic nitrogens is 2. The van der Waals surface area contributed by atoms with Gasteiger partial charge in [0.1, 0.15) is 5.75 Å². The Bertz CT molecular complexity index is 966. The molecule has 132 valence electrons. The SMILES string of the molecule is O=C(C[C@H]1Oc2ccccc2NC1=O)NCCn1cnc2ccccc21. The minimum atomic E-state index is -0.820. The Morgan fingerprint density at radius 2 is 2.00 bits per heavy atom. The first-order chi connectivity index (χ1) is 12.7. The largest absolute Gasteiger partial charge is 0.478 e. The van der Waals surface area contributed by atoms with Crippen LogP contribution in [0.1, 0.15) is 6.42 Å². The molecule has 0 bridgehead atoms. The number of para-hydroxylation sites is 4. The molecule has 0 radical (unpaired) electrons. The fraction of sp³-hybridized carbons (Fsp3) is 0.211. The number of amides is 2. The standard InChI is InChI=1S/C19H18N4O3/c24-18(11-17-19(25)22-14-6-2-4-8-16(14)26-17)20-9-10-23-12-21-13-5-1-3-7-15(13)23/h1-8,12,17H,9-11H2,(H,20,24)(H,22,25)/t17-/m1/s1. The molecule has 2 amide bonds. The first-order valence-electron chi connectivity index (χ1n) is 8.44.